The summed E-state index contributed by atoms with van der Waals surface area (Å²) in [6.45, 7) is 9.87. The van der Waals surface area contributed by atoms with Gasteiger partial charge in [0.05, 0.1) is 6.61 Å². The average Bonchev–Trinajstić information content (AvgIpc) is 3.14. The summed E-state index contributed by atoms with van der Waals surface area (Å²) in [5.41, 5.74) is 4.20. The lowest BCUT2D eigenvalue weighted by Gasteiger charge is -2.29. The minimum Gasteiger partial charge on any atom is -0.383 e. The highest BCUT2D eigenvalue weighted by Gasteiger charge is 2.43. The zero-order valence-electron chi connectivity index (χ0n) is 21.9. The standard InChI is InChI=1S/C29H40N4O3/c1-22-5-9-24(10-6-22)20-32(17-18-36-3)26-19-27(29(35)31-15-4-13-30-14-16-31)33(21-26)28(34)25-11-7-23(2)8-12-25/h5-12,26-27,30H,4,13-21H2,1-3H3. The second-order valence-electron chi connectivity index (χ2n) is 10.1. The van der Waals surface area contributed by atoms with Crippen molar-refractivity contribution in [1.29, 1.82) is 0 Å². The van der Waals surface area contributed by atoms with E-state index in [1.54, 1.807) is 7.11 Å². The van der Waals surface area contributed by atoms with Crippen LogP contribution in [0.25, 0.3) is 0 Å². The summed E-state index contributed by atoms with van der Waals surface area (Å²) in [7, 11) is 1.71. The molecule has 0 aliphatic carbocycles. The van der Waals surface area contributed by atoms with Gasteiger partial charge in [-0.1, -0.05) is 47.5 Å². The molecule has 2 saturated heterocycles. The van der Waals surface area contributed by atoms with E-state index in [1.807, 2.05) is 41.0 Å². The van der Waals surface area contributed by atoms with Crippen LogP contribution in [0.3, 0.4) is 0 Å². The van der Waals surface area contributed by atoms with Crippen molar-refractivity contribution in [1.82, 2.24) is 20.0 Å². The zero-order valence-corrected chi connectivity index (χ0v) is 21.9. The van der Waals surface area contributed by atoms with E-state index in [1.165, 1.54) is 11.1 Å². The van der Waals surface area contributed by atoms with Crippen LogP contribution in [0.1, 0.15) is 39.9 Å². The van der Waals surface area contributed by atoms with Crippen molar-refractivity contribution < 1.29 is 14.3 Å². The molecule has 1 N–H and O–H groups in total. The summed E-state index contributed by atoms with van der Waals surface area (Å²) in [5.74, 6) is 0.00881. The van der Waals surface area contributed by atoms with Gasteiger partial charge >= 0.3 is 0 Å². The van der Waals surface area contributed by atoms with Crippen molar-refractivity contribution in [3.63, 3.8) is 0 Å². The summed E-state index contributed by atoms with van der Waals surface area (Å²) < 4.78 is 5.42. The van der Waals surface area contributed by atoms with Gasteiger partial charge in [-0.25, -0.2) is 0 Å². The van der Waals surface area contributed by atoms with Gasteiger partial charge in [-0.15, -0.1) is 0 Å². The van der Waals surface area contributed by atoms with Crippen LogP contribution < -0.4 is 5.32 Å². The number of methoxy groups -OCH3 is 1. The third-order valence-corrected chi connectivity index (χ3v) is 7.38. The van der Waals surface area contributed by atoms with E-state index in [4.69, 9.17) is 4.74 Å². The Kier molecular flexibility index (Phi) is 9.13. The largest absolute Gasteiger partial charge is 0.383 e. The van der Waals surface area contributed by atoms with Crippen LogP contribution >= 0.6 is 0 Å². The Morgan fingerprint density at radius 3 is 2.39 bits per heavy atom. The van der Waals surface area contributed by atoms with Crippen LogP contribution in [-0.2, 0) is 16.1 Å². The fourth-order valence-corrected chi connectivity index (χ4v) is 5.20. The van der Waals surface area contributed by atoms with Gasteiger partial charge in [0.15, 0.2) is 0 Å². The van der Waals surface area contributed by atoms with Crippen LogP contribution in [0.2, 0.25) is 0 Å². The summed E-state index contributed by atoms with van der Waals surface area (Å²) in [6.07, 6.45) is 1.57. The average molecular weight is 493 g/mol. The number of nitrogens with one attached hydrogen (secondary N) is 1. The monoisotopic (exact) mass is 492 g/mol. The molecule has 7 nitrogen and oxygen atoms in total. The Morgan fingerprint density at radius 2 is 1.69 bits per heavy atom. The van der Waals surface area contributed by atoms with Crippen LogP contribution in [-0.4, -0.2) is 91.6 Å². The number of amides is 2. The lowest BCUT2D eigenvalue weighted by Crippen LogP contribution is -2.48. The molecule has 4 rings (SSSR count). The molecule has 2 aliphatic heterocycles. The second-order valence-corrected chi connectivity index (χ2v) is 10.1. The van der Waals surface area contributed by atoms with Gasteiger partial charge in [0, 0.05) is 58.0 Å². The number of likely N-dealkylation sites (tertiary alicyclic amines) is 1. The van der Waals surface area contributed by atoms with Gasteiger partial charge in [-0.3, -0.25) is 14.5 Å². The van der Waals surface area contributed by atoms with Crippen LogP contribution in [0.4, 0.5) is 0 Å². The predicted octanol–water partition coefficient (Wildman–Crippen LogP) is 2.86. The summed E-state index contributed by atoms with van der Waals surface area (Å²) in [5, 5.41) is 3.37. The number of hydrogen-bond acceptors (Lipinski definition) is 5. The van der Waals surface area contributed by atoms with Gasteiger partial charge < -0.3 is 19.9 Å². The van der Waals surface area contributed by atoms with E-state index in [-0.39, 0.29) is 17.9 Å². The maximum absolute atomic E-state index is 13.8. The molecule has 2 amide bonds. The third-order valence-electron chi connectivity index (χ3n) is 7.38. The first-order valence-electron chi connectivity index (χ1n) is 13.1. The molecule has 2 aromatic rings. The number of benzene rings is 2. The highest BCUT2D eigenvalue weighted by atomic mass is 16.5. The minimum atomic E-state index is -0.454. The van der Waals surface area contributed by atoms with Crippen molar-refractivity contribution in [3.8, 4) is 0 Å². The molecule has 0 radical (unpaired) electrons. The van der Waals surface area contributed by atoms with E-state index in [0.29, 0.717) is 31.7 Å². The Bertz CT molecular complexity index is 1000. The van der Waals surface area contributed by atoms with Crippen LogP contribution in [0.15, 0.2) is 48.5 Å². The number of carbonyl (C=O) groups is 2. The smallest absolute Gasteiger partial charge is 0.254 e. The molecule has 7 heteroatoms. The molecular weight excluding hydrogens is 452 g/mol. The van der Waals surface area contributed by atoms with Crippen LogP contribution in [0.5, 0.6) is 0 Å². The van der Waals surface area contributed by atoms with Crippen molar-refractivity contribution >= 4 is 11.8 Å². The van der Waals surface area contributed by atoms with E-state index in [9.17, 15) is 9.59 Å². The molecular formula is C29H40N4O3. The molecule has 2 heterocycles. The molecule has 2 aromatic carbocycles. The normalized spacial score (nSPS) is 20.6. The van der Waals surface area contributed by atoms with E-state index in [2.05, 4.69) is 41.4 Å². The highest BCUT2D eigenvalue weighted by molar-refractivity contribution is 5.98. The first-order valence-corrected chi connectivity index (χ1v) is 13.1. The van der Waals surface area contributed by atoms with E-state index < -0.39 is 6.04 Å². The Hall–Kier alpha value is -2.74. The summed E-state index contributed by atoms with van der Waals surface area (Å²) >= 11 is 0. The van der Waals surface area contributed by atoms with Crippen LogP contribution in [0, 0.1) is 13.8 Å². The molecule has 2 aliphatic rings. The van der Waals surface area contributed by atoms with Gasteiger partial charge in [0.25, 0.3) is 5.91 Å². The second kappa shape index (κ2) is 12.5. The summed E-state index contributed by atoms with van der Waals surface area (Å²) in [6, 6.07) is 15.9. The number of ether oxygens (including phenoxy) is 1. The number of nitrogens with zero attached hydrogens (tertiary/aromatic N) is 3. The van der Waals surface area contributed by atoms with Gasteiger partial charge in [0.1, 0.15) is 6.04 Å². The Labute approximate surface area is 215 Å². The Balaban J connectivity index is 1.59. The molecule has 2 fully saturated rings. The molecule has 2 atom stereocenters. The van der Waals surface area contributed by atoms with Crippen molar-refractivity contribution in [2.75, 3.05) is 53.0 Å². The number of hydrogen-bond donors (Lipinski definition) is 1. The SMILES string of the molecule is COCCN(Cc1ccc(C)cc1)C1CC(C(=O)N2CCCNCC2)N(C(=O)c2ccc(C)cc2)C1. The first kappa shape index (κ1) is 26.3. The highest BCUT2D eigenvalue weighted by Crippen LogP contribution is 2.27. The molecule has 0 saturated carbocycles. The molecule has 194 valence electrons. The topological polar surface area (TPSA) is 65.1 Å². The Morgan fingerprint density at radius 1 is 1.00 bits per heavy atom. The predicted molar refractivity (Wildman–Crippen MR) is 142 cm³/mol. The maximum atomic E-state index is 13.8. The number of rotatable bonds is 8. The first-order chi connectivity index (χ1) is 17.5. The maximum Gasteiger partial charge on any atom is 0.254 e. The lowest BCUT2D eigenvalue weighted by molar-refractivity contribution is -0.135. The van der Waals surface area contributed by atoms with Crippen molar-refractivity contribution in [3.05, 3.63) is 70.8 Å². The molecule has 0 bridgehead atoms. The lowest BCUT2D eigenvalue weighted by atomic mass is 10.1. The summed E-state index contributed by atoms with van der Waals surface area (Å²) in [4.78, 5) is 33.6. The van der Waals surface area contributed by atoms with E-state index >= 15 is 0 Å². The number of aryl methyl sites for hydroxylation is 2. The molecule has 0 aromatic heterocycles. The molecule has 0 spiro atoms. The van der Waals surface area contributed by atoms with Gasteiger partial charge in [-0.2, -0.15) is 0 Å². The van der Waals surface area contributed by atoms with Crippen molar-refractivity contribution in [2.24, 2.45) is 0 Å². The number of carbonyl (C=O) groups excluding carboxylic acids is 2. The molecule has 36 heavy (non-hydrogen) atoms. The minimum absolute atomic E-state index is 0.0641. The zero-order chi connectivity index (χ0) is 25.5. The van der Waals surface area contributed by atoms with Gasteiger partial charge in [-0.05, 0) is 50.9 Å². The molecule has 2 unspecified atom stereocenters. The van der Waals surface area contributed by atoms with Gasteiger partial charge in [0.2, 0.25) is 5.91 Å². The quantitative estimate of drug-likeness (QED) is 0.614. The fraction of sp³-hybridized carbons (Fsp3) is 0.517. The third kappa shape index (κ3) is 6.52. The van der Waals surface area contributed by atoms with E-state index in [0.717, 1.165) is 44.7 Å². The fourth-order valence-electron chi connectivity index (χ4n) is 5.20. The van der Waals surface area contributed by atoms with Crippen molar-refractivity contribution in [2.45, 2.75) is 45.3 Å².